The minimum Gasteiger partial charge on any atom is -0.493 e. The highest BCUT2D eigenvalue weighted by Crippen LogP contribution is 2.56. The molecule has 3 aliphatic heterocycles. The van der Waals surface area contributed by atoms with Crippen LogP contribution in [0.5, 0.6) is 28.7 Å². The van der Waals surface area contributed by atoms with E-state index in [2.05, 4.69) is 0 Å². The van der Waals surface area contributed by atoms with Crippen molar-refractivity contribution in [3.63, 3.8) is 0 Å². The van der Waals surface area contributed by atoms with Crippen molar-refractivity contribution in [2.24, 2.45) is 0 Å². The molecule has 3 aromatic rings. The number of aliphatic carboxylic acids is 1. The summed E-state index contributed by atoms with van der Waals surface area (Å²) in [5, 5.41) is 40.4. The molecule has 0 spiro atoms. The van der Waals surface area contributed by atoms with Gasteiger partial charge in [0.25, 0.3) is 0 Å². The van der Waals surface area contributed by atoms with Gasteiger partial charge in [-0.25, -0.2) is 4.79 Å². The standard InChI is InChI=1S/C30H30O11/c1-36-19-9-8-16-18-13-38-21-12-20(39-30-24(33)22(31)23(32)28(41-30)29(34)35)15(10-14-6-4-3-5-7-14)11-17(21)25(18)40-26(16)27(19)37-2/h3-9,11-12,18,22-25,28,30-33H,10,13H2,1-2H3,(H,34,35)/t18-,22-,23-,24+,25-,28-,30+/m0/s1. The first-order valence-corrected chi connectivity index (χ1v) is 13.1. The van der Waals surface area contributed by atoms with Crippen LogP contribution in [-0.2, 0) is 16.0 Å². The van der Waals surface area contributed by atoms with Gasteiger partial charge in [-0.1, -0.05) is 36.4 Å². The number of rotatable bonds is 7. The van der Waals surface area contributed by atoms with Crippen LogP contribution < -0.4 is 23.7 Å². The van der Waals surface area contributed by atoms with Crippen molar-refractivity contribution in [1.82, 2.24) is 0 Å². The lowest BCUT2D eigenvalue weighted by molar-refractivity contribution is -0.271. The van der Waals surface area contributed by atoms with E-state index in [0.29, 0.717) is 41.6 Å². The average molecular weight is 567 g/mol. The first-order chi connectivity index (χ1) is 19.8. The maximum Gasteiger partial charge on any atom is 0.335 e. The third kappa shape index (κ3) is 4.70. The summed E-state index contributed by atoms with van der Waals surface area (Å²) in [6.07, 6.45) is -8.65. The number of hydrogen-bond acceptors (Lipinski definition) is 10. The van der Waals surface area contributed by atoms with Crippen molar-refractivity contribution >= 4 is 5.97 Å². The van der Waals surface area contributed by atoms with E-state index in [-0.39, 0.29) is 17.8 Å². The number of hydrogen-bond donors (Lipinski definition) is 4. The number of aliphatic hydroxyl groups excluding tert-OH is 3. The molecule has 7 atom stereocenters. The van der Waals surface area contributed by atoms with E-state index in [1.165, 1.54) is 0 Å². The molecule has 0 saturated carbocycles. The second-order valence-corrected chi connectivity index (χ2v) is 10.2. The smallest absolute Gasteiger partial charge is 0.335 e. The highest BCUT2D eigenvalue weighted by atomic mass is 16.7. The molecule has 216 valence electrons. The second kappa shape index (κ2) is 10.7. The summed E-state index contributed by atoms with van der Waals surface area (Å²) in [5.41, 5.74) is 3.37. The zero-order valence-corrected chi connectivity index (χ0v) is 22.3. The van der Waals surface area contributed by atoms with Gasteiger partial charge in [0, 0.05) is 23.6 Å². The van der Waals surface area contributed by atoms with E-state index in [1.54, 1.807) is 20.3 Å². The minimum absolute atomic E-state index is 0.106. The Balaban J connectivity index is 1.38. The first-order valence-electron chi connectivity index (χ1n) is 13.1. The third-order valence-electron chi connectivity index (χ3n) is 7.75. The molecule has 1 fully saturated rings. The van der Waals surface area contributed by atoms with Crippen molar-refractivity contribution in [1.29, 1.82) is 0 Å². The summed E-state index contributed by atoms with van der Waals surface area (Å²) < 4.78 is 35.1. The normalized spacial score (nSPS) is 27.9. The number of ether oxygens (including phenoxy) is 6. The minimum atomic E-state index is -1.83. The molecule has 3 heterocycles. The Bertz CT molecular complexity index is 1440. The van der Waals surface area contributed by atoms with Crippen molar-refractivity contribution in [2.45, 2.75) is 49.1 Å². The molecule has 6 rings (SSSR count). The molecule has 3 aliphatic rings. The Morgan fingerprint density at radius 1 is 0.927 bits per heavy atom. The van der Waals surface area contributed by atoms with E-state index < -0.39 is 36.7 Å². The Kier molecular flexibility index (Phi) is 7.12. The summed E-state index contributed by atoms with van der Waals surface area (Å²) in [4.78, 5) is 11.6. The summed E-state index contributed by atoms with van der Waals surface area (Å²) in [6, 6.07) is 17.0. The van der Waals surface area contributed by atoms with Crippen molar-refractivity contribution in [3.8, 4) is 28.7 Å². The fraction of sp³-hybridized carbons (Fsp3) is 0.367. The van der Waals surface area contributed by atoms with Crippen LogP contribution in [0, 0.1) is 0 Å². The van der Waals surface area contributed by atoms with Gasteiger partial charge in [-0.3, -0.25) is 0 Å². The lowest BCUT2D eigenvalue weighted by atomic mass is 9.87. The van der Waals surface area contributed by atoms with Gasteiger partial charge in [-0.2, -0.15) is 0 Å². The van der Waals surface area contributed by atoms with Gasteiger partial charge >= 0.3 is 5.97 Å². The molecule has 0 aliphatic carbocycles. The number of aliphatic hydroxyl groups is 3. The first kappa shape index (κ1) is 27.2. The fourth-order valence-corrected chi connectivity index (χ4v) is 5.65. The van der Waals surface area contributed by atoms with Crippen LogP contribution in [0.25, 0.3) is 0 Å². The van der Waals surface area contributed by atoms with Crippen LogP contribution >= 0.6 is 0 Å². The summed E-state index contributed by atoms with van der Waals surface area (Å²) in [7, 11) is 3.12. The maximum atomic E-state index is 11.6. The Morgan fingerprint density at radius 2 is 1.71 bits per heavy atom. The molecule has 0 amide bonds. The van der Waals surface area contributed by atoms with Crippen LogP contribution in [0.15, 0.2) is 54.6 Å². The second-order valence-electron chi connectivity index (χ2n) is 10.2. The van der Waals surface area contributed by atoms with Gasteiger partial charge < -0.3 is 48.8 Å². The molecular formula is C30H30O11. The van der Waals surface area contributed by atoms with Crippen LogP contribution in [0.4, 0.5) is 0 Å². The van der Waals surface area contributed by atoms with Gasteiger partial charge in [0.2, 0.25) is 12.0 Å². The van der Waals surface area contributed by atoms with Crippen LogP contribution in [-0.4, -0.2) is 77.9 Å². The number of benzene rings is 3. The maximum absolute atomic E-state index is 11.6. The Labute approximate surface area is 235 Å². The topological polar surface area (TPSA) is 153 Å². The molecule has 0 radical (unpaired) electrons. The van der Waals surface area contributed by atoms with Gasteiger partial charge in [-0.15, -0.1) is 0 Å². The van der Waals surface area contributed by atoms with Gasteiger partial charge in [0.1, 0.15) is 35.9 Å². The predicted octanol–water partition coefficient (Wildman–Crippen LogP) is 2.18. The molecule has 4 N–H and O–H groups in total. The molecular weight excluding hydrogens is 536 g/mol. The summed E-state index contributed by atoms with van der Waals surface area (Å²) >= 11 is 0. The molecule has 3 aromatic carbocycles. The zero-order chi connectivity index (χ0) is 28.8. The number of carboxylic acid groups (broad SMARTS) is 1. The van der Waals surface area contributed by atoms with E-state index >= 15 is 0 Å². The number of methoxy groups -OCH3 is 2. The summed E-state index contributed by atoms with van der Waals surface area (Å²) in [6.45, 7) is 0.312. The van der Waals surface area contributed by atoms with Crippen molar-refractivity contribution < 1.29 is 53.6 Å². The lowest BCUT2D eigenvalue weighted by Crippen LogP contribution is -2.61. The predicted molar refractivity (Wildman–Crippen MR) is 142 cm³/mol. The largest absolute Gasteiger partial charge is 0.493 e. The van der Waals surface area contributed by atoms with Crippen molar-refractivity contribution in [3.05, 3.63) is 76.9 Å². The van der Waals surface area contributed by atoms with Crippen LogP contribution in [0.3, 0.4) is 0 Å². The molecule has 0 bridgehead atoms. The SMILES string of the molecule is COc1ccc2c(c1OC)O[C@H]1c3cc(Cc4ccccc4)c(O[C@@H]4O[C@H](C(=O)O)[C@@H](O)[C@H](O)[C@H]4O)cc3OC[C@@H]21. The number of carbonyl (C=O) groups is 1. The average Bonchev–Trinajstić information content (AvgIpc) is 3.36. The fourth-order valence-electron chi connectivity index (χ4n) is 5.65. The molecule has 0 aromatic heterocycles. The Morgan fingerprint density at radius 3 is 2.41 bits per heavy atom. The van der Waals surface area contributed by atoms with Gasteiger partial charge in [0.15, 0.2) is 17.6 Å². The molecule has 11 heteroatoms. The number of fused-ring (bicyclic) bond motifs is 5. The highest BCUT2D eigenvalue weighted by Gasteiger charge is 2.49. The highest BCUT2D eigenvalue weighted by molar-refractivity contribution is 5.73. The summed E-state index contributed by atoms with van der Waals surface area (Å²) in [5.74, 6) is 0.793. The van der Waals surface area contributed by atoms with Crippen LogP contribution in [0.2, 0.25) is 0 Å². The zero-order valence-electron chi connectivity index (χ0n) is 22.3. The molecule has 1 saturated heterocycles. The van der Waals surface area contributed by atoms with E-state index in [4.69, 9.17) is 28.4 Å². The number of carboxylic acids is 1. The quantitative estimate of drug-likeness (QED) is 0.333. The molecule has 41 heavy (non-hydrogen) atoms. The van der Waals surface area contributed by atoms with Crippen molar-refractivity contribution in [2.75, 3.05) is 20.8 Å². The Hall–Kier alpha value is -4.03. The van der Waals surface area contributed by atoms with E-state index in [1.807, 2.05) is 48.5 Å². The lowest BCUT2D eigenvalue weighted by Gasteiger charge is -2.39. The van der Waals surface area contributed by atoms with Crippen LogP contribution in [0.1, 0.15) is 34.3 Å². The third-order valence-corrected chi connectivity index (χ3v) is 7.75. The van der Waals surface area contributed by atoms with E-state index in [0.717, 1.165) is 16.7 Å². The van der Waals surface area contributed by atoms with E-state index in [9.17, 15) is 25.2 Å². The monoisotopic (exact) mass is 566 g/mol. The molecule has 11 nitrogen and oxygen atoms in total. The van der Waals surface area contributed by atoms with Gasteiger partial charge in [0.05, 0.1) is 26.7 Å². The van der Waals surface area contributed by atoms with Gasteiger partial charge in [-0.05, 0) is 23.3 Å². The molecule has 0 unspecified atom stereocenters.